The molecule has 1 atom stereocenters. The first-order chi connectivity index (χ1) is 13.9. The molecule has 1 unspecified atom stereocenters. The van der Waals surface area contributed by atoms with Crippen LogP contribution in [0.1, 0.15) is 43.1 Å². The lowest BCUT2D eigenvalue weighted by Crippen LogP contribution is -2.38. The molecular weight excluding hydrogens is 366 g/mol. The Morgan fingerprint density at radius 3 is 2.45 bits per heavy atom. The van der Waals surface area contributed by atoms with Crippen molar-refractivity contribution in [1.82, 2.24) is 23.6 Å². The van der Waals surface area contributed by atoms with E-state index in [1.165, 1.54) is 41.0 Å². The third-order valence-corrected chi connectivity index (χ3v) is 6.17. The van der Waals surface area contributed by atoms with Crippen LogP contribution >= 0.6 is 0 Å². The second kappa shape index (κ2) is 7.63. The topological polar surface area (TPSA) is 65.1 Å². The minimum atomic E-state index is -0.347. The van der Waals surface area contributed by atoms with Gasteiger partial charge in [-0.3, -0.25) is 18.8 Å². The summed E-state index contributed by atoms with van der Waals surface area (Å²) in [5.74, 6) is 0.840. The van der Waals surface area contributed by atoms with Crippen molar-refractivity contribution in [3.63, 3.8) is 0 Å². The molecule has 1 aliphatic heterocycles. The van der Waals surface area contributed by atoms with E-state index in [1.54, 1.807) is 7.05 Å². The molecule has 7 nitrogen and oxygen atoms in total. The highest BCUT2D eigenvalue weighted by Gasteiger charge is 2.24. The lowest BCUT2D eigenvalue weighted by atomic mass is 10.0. The third-order valence-electron chi connectivity index (χ3n) is 6.17. The highest BCUT2D eigenvalue weighted by Crippen LogP contribution is 2.21. The Labute approximate surface area is 170 Å². The predicted octanol–water partition coefficient (Wildman–Crippen LogP) is 2.16. The van der Waals surface area contributed by atoms with Crippen LogP contribution < -0.4 is 11.2 Å². The molecule has 154 valence electrons. The molecule has 3 heterocycles. The molecule has 1 saturated heterocycles. The summed E-state index contributed by atoms with van der Waals surface area (Å²) in [6, 6.07) is 8.81. The van der Waals surface area contributed by atoms with Gasteiger partial charge in [0, 0.05) is 26.7 Å². The van der Waals surface area contributed by atoms with Gasteiger partial charge in [0.2, 0.25) is 0 Å². The molecule has 29 heavy (non-hydrogen) atoms. The van der Waals surface area contributed by atoms with Gasteiger partial charge in [0.15, 0.2) is 11.2 Å². The Bertz CT molecular complexity index is 1150. The maximum Gasteiger partial charge on any atom is 0.332 e. The number of rotatable bonds is 4. The molecule has 1 aromatic carbocycles. The molecule has 0 N–H and O–H groups in total. The Morgan fingerprint density at radius 2 is 1.76 bits per heavy atom. The van der Waals surface area contributed by atoms with Gasteiger partial charge < -0.3 is 4.57 Å². The molecule has 1 fully saturated rings. The van der Waals surface area contributed by atoms with Crippen molar-refractivity contribution in [2.45, 2.75) is 52.2 Å². The molecule has 1 aliphatic rings. The Morgan fingerprint density at radius 1 is 1.03 bits per heavy atom. The molecule has 4 rings (SSSR count). The maximum atomic E-state index is 13.0. The van der Waals surface area contributed by atoms with Gasteiger partial charge in [0.05, 0.1) is 6.54 Å². The zero-order chi connectivity index (χ0) is 20.7. The Kier molecular flexibility index (Phi) is 5.17. The van der Waals surface area contributed by atoms with Crippen LogP contribution in [0.25, 0.3) is 11.2 Å². The van der Waals surface area contributed by atoms with Crippen molar-refractivity contribution in [3.05, 3.63) is 62.1 Å². The highest BCUT2D eigenvalue weighted by atomic mass is 16.2. The first kappa shape index (κ1) is 19.6. The molecule has 3 aromatic rings. The van der Waals surface area contributed by atoms with E-state index >= 15 is 0 Å². The number of aryl methyl sites for hydroxylation is 2. The van der Waals surface area contributed by atoms with Crippen LogP contribution in [0.2, 0.25) is 0 Å². The number of imidazole rings is 1. The van der Waals surface area contributed by atoms with E-state index in [0.29, 0.717) is 30.3 Å². The average molecular weight is 396 g/mol. The lowest BCUT2D eigenvalue weighted by Gasteiger charge is -2.33. The number of likely N-dealkylation sites (tertiary alicyclic amines) is 1. The van der Waals surface area contributed by atoms with Crippen molar-refractivity contribution < 1.29 is 0 Å². The van der Waals surface area contributed by atoms with E-state index in [2.05, 4.69) is 43.0 Å². The summed E-state index contributed by atoms with van der Waals surface area (Å²) in [5.41, 5.74) is 2.63. The molecule has 0 radical (unpaired) electrons. The quantitative estimate of drug-likeness (QED) is 0.679. The monoisotopic (exact) mass is 395 g/mol. The molecule has 7 heteroatoms. The standard InChI is InChI=1S/C22H29N5O2/c1-15-8-10-17(11-9-15)13-27-18(14-26-12-6-5-7-16(26)2)23-20-19(27)21(28)25(4)22(29)24(20)3/h8-11,16H,5-7,12-14H2,1-4H3. The molecule has 0 saturated carbocycles. The van der Waals surface area contributed by atoms with Gasteiger partial charge in [-0.25, -0.2) is 9.78 Å². The third kappa shape index (κ3) is 3.55. The highest BCUT2D eigenvalue weighted by molar-refractivity contribution is 5.71. The number of piperidine rings is 1. The first-order valence-corrected chi connectivity index (χ1v) is 10.3. The van der Waals surface area contributed by atoms with Crippen molar-refractivity contribution in [1.29, 1.82) is 0 Å². The summed E-state index contributed by atoms with van der Waals surface area (Å²) in [6.07, 6.45) is 3.62. The lowest BCUT2D eigenvalue weighted by molar-refractivity contribution is 0.147. The van der Waals surface area contributed by atoms with E-state index in [0.717, 1.165) is 17.9 Å². The molecule has 0 bridgehead atoms. The molecule has 0 aliphatic carbocycles. The number of hydrogen-bond donors (Lipinski definition) is 0. The van der Waals surface area contributed by atoms with Gasteiger partial charge in [-0.1, -0.05) is 36.2 Å². The Hall–Kier alpha value is -2.67. The average Bonchev–Trinajstić information content (AvgIpc) is 3.06. The zero-order valence-corrected chi connectivity index (χ0v) is 17.7. The predicted molar refractivity (Wildman–Crippen MR) is 114 cm³/mol. The van der Waals surface area contributed by atoms with Crippen LogP contribution in [-0.2, 0) is 27.2 Å². The van der Waals surface area contributed by atoms with E-state index < -0.39 is 0 Å². The minimum Gasteiger partial charge on any atom is -0.317 e. The van der Waals surface area contributed by atoms with Crippen LogP contribution in [0.5, 0.6) is 0 Å². The number of hydrogen-bond acceptors (Lipinski definition) is 4. The van der Waals surface area contributed by atoms with Crippen LogP contribution in [0.4, 0.5) is 0 Å². The van der Waals surface area contributed by atoms with Gasteiger partial charge in [-0.05, 0) is 38.8 Å². The fraction of sp³-hybridized carbons (Fsp3) is 0.500. The smallest absolute Gasteiger partial charge is 0.317 e. The van der Waals surface area contributed by atoms with E-state index in [4.69, 9.17) is 4.98 Å². The number of fused-ring (bicyclic) bond motifs is 1. The van der Waals surface area contributed by atoms with Crippen LogP contribution in [0.15, 0.2) is 33.9 Å². The van der Waals surface area contributed by atoms with Crippen LogP contribution in [0.3, 0.4) is 0 Å². The summed E-state index contributed by atoms with van der Waals surface area (Å²) in [4.78, 5) is 32.7. The van der Waals surface area contributed by atoms with E-state index in [-0.39, 0.29) is 11.2 Å². The normalized spacial score (nSPS) is 17.9. The van der Waals surface area contributed by atoms with Crippen LogP contribution in [0, 0.1) is 6.92 Å². The second-order valence-corrected chi connectivity index (χ2v) is 8.29. The summed E-state index contributed by atoms with van der Waals surface area (Å²) >= 11 is 0. The summed E-state index contributed by atoms with van der Waals surface area (Å²) in [5, 5.41) is 0. The van der Waals surface area contributed by atoms with Gasteiger partial charge >= 0.3 is 5.69 Å². The minimum absolute atomic E-state index is 0.291. The number of aromatic nitrogens is 4. The van der Waals surface area contributed by atoms with Crippen molar-refractivity contribution in [3.8, 4) is 0 Å². The van der Waals surface area contributed by atoms with Crippen LogP contribution in [-0.4, -0.2) is 36.2 Å². The van der Waals surface area contributed by atoms with Crippen molar-refractivity contribution >= 4 is 11.2 Å². The van der Waals surface area contributed by atoms with Gasteiger partial charge in [0.1, 0.15) is 5.82 Å². The molecule has 0 amide bonds. The van der Waals surface area contributed by atoms with E-state index in [1.807, 2.05) is 4.57 Å². The molecule has 2 aromatic heterocycles. The molecule has 0 spiro atoms. The summed E-state index contributed by atoms with van der Waals surface area (Å²) in [7, 11) is 3.21. The largest absolute Gasteiger partial charge is 0.332 e. The zero-order valence-electron chi connectivity index (χ0n) is 17.7. The fourth-order valence-electron chi connectivity index (χ4n) is 4.23. The van der Waals surface area contributed by atoms with Gasteiger partial charge in [-0.15, -0.1) is 0 Å². The SMILES string of the molecule is Cc1ccc(Cn2c(CN3CCCCC3C)nc3c2c(=O)n(C)c(=O)n3C)cc1. The maximum absolute atomic E-state index is 13.0. The molecular formula is C22H29N5O2. The summed E-state index contributed by atoms with van der Waals surface area (Å²) in [6.45, 7) is 6.58. The Balaban J connectivity index is 1.87. The second-order valence-electron chi connectivity index (χ2n) is 8.29. The number of benzene rings is 1. The van der Waals surface area contributed by atoms with E-state index in [9.17, 15) is 9.59 Å². The van der Waals surface area contributed by atoms with Gasteiger partial charge in [0.25, 0.3) is 5.56 Å². The first-order valence-electron chi connectivity index (χ1n) is 10.3. The summed E-state index contributed by atoms with van der Waals surface area (Å²) < 4.78 is 4.65. The fourth-order valence-corrected chi connectivity index (χ4v) is 4.23. The van der Waals surface area contributed by atoms with Crippen molar-refractivity contribution in [2.75, 3.05) is 6.54 Å². The van der Waals surface area contributed by atoms with Gasteiger partial charge in [-0.2, -0.15) is 0 Å². The van der Waals surface area contributed by atoms with Crippen molar-refractivity contribution in [2.24, 2.45) is 14.1 Å². The number of nitrogens with zero attached hydrogens (tertiary/aromatic N) is 5.